The number of amides is 1. The molecule has 0 unspecified atom stereocenters. The third kappa shape index (κ3) is 5.87. The number of aromatic nitrogens is 1. The standard InChI is InChI=1S/C25H25N5O2S/c1-16-22(33-25(28-16)30-24(26)27)19-8-5-9-20(14-19)29-23(31)18-10-12-21(13-11-18)32-15-17-6-3-2-4-7-17/h2-10,12,14H,11,13,15H2,1H3,(H,29,31)(H4,26,27,28,30). The van der Waals surface area contributed by atoms with E-state index in [-0.39, 0.29) is 11.9 Å². The summed E-state index contributed by atoms with van der Waals surface area (Å²) < 4.78 is 5.87. The van der Waals surface area contributed by atoms with Crippen LogP contribution in [0.4, 0.5) is 10.8 Å². The molecule has 5 N–H and O–H groups in total. The number of carbonyl (C=O) groups is 1. The lowest BCUT2D eigenvalue weighted by Crippen LogP contribution is -2.20. The summed E-state index contributed by atoms with van der Waals surface area (Å²) in [4.78, 5) is 18.1. The molecule has 1 aliphatic rings. The molecule has 7 nitrogen and oxygen atoms in total. The van der Waals surface area contributed by atoms with E-state index in [1.165, 1.54) is 11.3 Å². The number of nitrogens with two attached hydrogens (primary N) is 1. The summed E-state index contributed by atoms with van der Waals surface area (Å²) in [6, 6.07) is 17.7. The van der Waals surface area contributed by atoms with E-state index in [1.807, 2.05) is 73.7 Å². The Morgan fingerprint density at radius 1 is 1.12 bits per heavy atom. The lowest BCUT2D eigenvalue weighted by Gasteiger charge is -2.16. The molecule has 0 saturated heterocycles. The molecule has 0 fully saturated rings. The maximum Gasteiger partial charge on any atom is 0.251 e. The van der Waals surface area contributed by atoms with Crippen molar-refractivity contribution in [3.63, 3.8) is 0 Å². The summed E-state index contributed by atoms with van der Waals surface area (Å²) in [5, 5.41) is 13.6. The van der Waals surface area contributed by atoms with Gasteiger partial charge in [-0.15, -0.1) is 0 Å². The van der Waals surface area contributed by atoms with Crippen LogP contribution in [0.2, 0.25) is 0 Å². The van der Waals surface area contributed by atoms with Gasteiger partial charge in [0.15, 0.2) is 11.1 Å². The van der Waals surface area contributed by atoms with Gasteiger partial charge in [0.1, 0.15) is 6.61 Å². The molecule has 0 radical (unpaired) electrons. The van der Waals surface area contributed by atoms with Gasteiger partial charge in [0.2, 0.25) is 0 Å². The third-order valence-corrected chi connectivity index (χ3v) is 6.21. The highest BCUT2D eigenvalue weighted by Crippen LogP contribution is 2.34. The molecule has 33 heavy (non-hydrogen) atoms. The quantitative estimate of drug-likeness (QED) is 0.287. The van der Waals surface area contributed by atoms with E-state index in [2.05, 4.69) is 15.6 Å². The molecule has 8 heteroatoms. The van der Waals surface area contributed by atoms with Crippen molar-refractivity contribution in [2.24, 2.45) is 5.73 Å². The summed E-state index contributed by atoms with van der Waals surface area (Å²) in [6.45, 7) is 2.43. The molecule has 4 rings (SSSR count). The molecule has 0 bridgehead atoms. The number of nitrogens with zero attached hydrogens (tertiary/aromatic N) is 1. The van der Waals surface area contributed by atoms with E-state index in [9.17, 15) is 4.79 Å². The van der Waals surface area contributed by atoms with Gasteiger partial charge in [-0.3, -0.25) is 10.2 Å². The van der Waals surface area contributed by atoms with Crippen molar-refractivity contribution in [1.82, 2.24) is 4.98 Å². The highest BCUT2D eigenvalue weighted by atomic mass is 32.1. The van der Waals surface area contributed by atoms with Crippen LogP contribution in [0.15, 0.2) is 78.1 Å². The SMILES string of the molecule is Cc1nc(NC(=N)N)sc1-c1cccc(NC(=O)C2=CC=C(OCc3ccccc3)CC2)c1. The Morgan fingerprint density at radius 3 is 2.67 bits per heavy atom. The Hall–Kier alpha value is -3.91. The number of carbonyl (C=O) groups excluding carboxylic acids is 1. The summed E-state index contributed by atoms with van der Waals surface area (Å²) >= 11 is 1.41. The minimum absolute atomic E-state index is 0.120. The summed E-state index contributed by atoms with van der Waals surface area (Å²) in [5.41, 5.74) is 9.71. The lowest BCUT2D eigenvalue weighted by atomic mass is 10.0. The molecule has 0 spiro atoms. The smallest absolute Gasteiger partial charge is 0.251 e. The maximum atomic E-state index is 12.8. The number of hydrogen-bond donors (Lipinski definition) is 4. The van der Waals surface area contributed by atoms with Gasteiger partial charge in [-0.25, -0.2) is 4.98 Å². The summed E-state index contributed by atoms with van der Waals surface area (Å²) in [5.74, 6) is 0.610. The predicted molar refractivity (Wildman–Crippen MR) is 133 cm³/mol. The van der Waals surface area contributed by atoms with E-state index in [4.69, 9.17) is 15.9 Å². The van der Waals surface area contributed by atoms with Crippen LogP contribution in [0.5, 0.6) is 0 Å². The maximum absolute atomic E-state index is 12.8. The first-order valence-electron chi connectivity index (χ1n) is 10.5. The number of nitrogens with one attached hydrogen (secondary N) is 3. The highest BCUT2D eigenvalue weighted by molar-refractivity contribution is 7.19. The van der Waals surface area contributed by atoms with Crippen molar-refractivity contribution in [3.8, 4) is 10.4 Å². The van der Waals surface area contributed by atoms with Crippen molar-refractivity contribution in [3.05, 3.63) is 89.3 Å². The Labute approximate surface area is 196 Å². The highest BCUT2D eigenvalue weighted by Gasteiger charge is 2.16. The van der Waals surface area contributed by atoms with Crippen LogP contribution in [-0.2, 0) is 16.1 Å². The fourth-order valence-corrected chi connectivity index (χ4v) is 4.44. The second-order valence-corrected chi connectivity index (χ2v) is 8.61. The van der Waals surface area contributed by atoms with Crippen LogP contribution in [-0.4, -0.2) is 16.9 Å². The van der Waals surface area contributed by atoms with Crippen molar-refractivity contribution < 1.29 is 9.53 Å². The van der Waals surface area contributed by atoms with E-state index >= 15 is 0 Å². The average Bonchev–Trinajstić information content (AvgIpc) is 3.18. The monoisotopic (exact) mass is 459 g/mol. The predicted octanol–water partition coefficient (Wildman–Crippen LogP) is 5.18. The Kier molecular flexibility index (Phi) is 6.85. The van der Waals surface area contributed by atoms with Crippen LogP contribution in [0.25, 0.3) is 10.4 Å². The van der Waals surface area contributed by atoms with Gasteiger partial charge < -0.3 is 21.1 Å². The van der Waals surface area contributed by atoms with E-state index < -0.39 is 0 Å². The number of thiazole rings is 1. The third-order valence-electron chi connectivity index (χ3n) is 5.09. The normalized spacial score (nSPS) is 13.0. The molecular formula is C25H25N5O2S. The molecule has 0 atom stereocenters. The number of guanidine groups is 1. The first-order chi connectivity index (χ1) is 16.0. The van der Waals surface area contributed by atoms with Crippen LogP contribution >= 0.6 is 11.3 Å². The fourth-order valence-electron chi connectivity index (χ4n) is 3.46. The van der Waals surface area contributed by atoms with Crippen LogP contribution < -0.4 is 16.4 Å². The van der Waals surface area contributed by atoms with Gasteiger partial charge in [-0.1, -0.05) is 59.9 Å². The Morgan fingerprint density at radius 2 is 1.94 bits per heavy atom. The number of aryl methyl sites for hydroxylation is 1. The van der Waals surface area contributed by atoms with Crippen LogP contribution in [0.3, 0.4) is 0 Å². The zero-order chi connectivity index (χ0) is 23.2. The zero-order valence-electron chi connectivity index (χ0n) is 18.2. The van der Waals surface area contributed by atoms with E-state index in [1.54, 1.807) is 0 Å². The number of ether oxygens (including phenoxy) is 1. The summed E-state index contributed by atoms with van der Waals surface area (Å²) in [7, 11) is 0. The first-order valence-corrected chi connectivity index (χ1v) is 11.4. The zero-order valence-corrected chi connectivity index (χ0v) is 19.0. The molecule has 1 amide bonds. The Balaban J connectivity index is 1.40. The average molecular weight is 460 g/mol. The molecule has 0 aliphatic heterocycles. The molecule has 2 aromatic carbocycles. The molecule has 1 heterocycles. The van der Waals surface area contributed by atoms with Gasteiger partial charge in [0.25, 0.3) is 5.91 Å². The molecule has 1 aliphatic carbocycles. The number of hydrogen-bond acceptors (Lipinski definition) is 5. The van der Waals surface area contributed by atoms with Gasteiger partial charge in [0.05, 0.1) is 16.3 Å². The van der Waals surface area contributed by atoms with Crippen molar-refractivity contribution >= 4 is 34.0 Å². The topological polar surface area (TPSA) is 113 Å². The lowest BCUT2D eigenvalue weighted by molar-refractivity contribution is -0.113. The number of rotatable bonds is 7. The fraction of sp³-hybridized carbons (Fsp3) is 0.160. The van der Waals surface area contributed by atoms with E-state index in [0.717, 1.165) is 33.0 Å². The van der Waals surface area contributed by atoms with Gasteiger partial charge in [0, 0.05) is 17.7 Å². The minimum atomic E-state index is -0.153. The Bertz CT molecular complexity index is 1230. The number of benzene rings is 2. The minimum Gasteiger partial charge on any atom is -0.493 e. The van der Waals surface area contributed by atoms with Crippen molar-refractivity contribution in [2.45, 2.75) is 26.4 Å². The first kappa shape index (κ1) is 22.3. The summed E-state index contributed by atoms with van der Waals surface area (Å²) in [6.07, 6.45) is 5.02. The second-order valence-electron chi connectivity index (χ2n) is 7.61. The van der Waals surface area contributed by atoms with Crippen LogP contribution in [0.1, 0.15) is 24.1 Å². The van der Waals surface area contributed by atoms with Gasteiger partial charge in [-0.2, -0.15) is 0 Å². The second kappa shape index (κ2) is 10.1. The molecule has 3 aromatic rings. The van der Waals surface area contributed by atoms with E-state index in [0.29, 0.717) is 30.3 Å². The molecular weight excluding hydrogens is 434 g/mol. The largest absolute Gasteiger partial charge is 0.493 e. The van der Waals surface area contributed by atoms with Crippen molar-refractivity contribution in [2.75, 3.05) is 10.6 Å². The molecule has 0 saturated carbocycles. The molecule has 168 valence electrons. The van der Waals surface area contributed by atoms with Crippen LogP contribution in [0, 0.1) is 12.3 Å². The van der Waals surface area contributed by atoms with Gasteiger partial charge >= 0.3 is 0 Å². The molecule has 1 aromatic heterocycles. The number of anilines is 2. The van der Waals surface area contributed by atoms with Crippen molar-refractivity contribution in [1.29, 1.82) is 5.41 Å². The number of allylic oxidation sites excluding steroid dienone is 3. The van der Waals surface area contributed by atoms with Gasteiger partial charge in [-0.05, 0) is 42.7 Å².